The first-order chi connectivity index (χ1) is 18.9. The standard InChI is InChI=1S/C30H33ClN4O4/c1-19(2)39-26-17-24(37-4)13-14-25(26)29-33-27(21-9-11-23(31)12-10-21)28(22-7-5-20(3)6-8-22)35(29)30(36)34-16-15-32-38-18-34/h5-14,17,19,27-28,32H,15-16,18H2,1-4H3. The van der Waals surface area contributed by atoms with E-state index in [2.05, 4.69) is 29.7 Å². The number of hydroxylamine groups is 1. The second kappa shape index (κ2) is 11.7. The van der Waals surface area contributed by atoms with Gasteiger partial charge in [0.2, 0.25) is 0 Å². The first-order valence-corrected chi connectivity index (χ1v) is 13.4. The van der Waals surface area contributed by atoms with Crippen LogP contribution < -0.4 is 15.0 Å². The Balaban J connectivity index is 1.70. The number of nitrogens with zero attached hydrogens (tertiary/aromatic N) is 3. The van der Waals surface area contributed by atoms with E-state index in [1.807, 2.05) is 63.2 Å². The molecule has 0 bridgehead atoms. The van der Waals surface area contributed by atoms with E-state index in [0.717, 1.165) is 16.7 Å². The Kier molecular flexibility index (Phi) is 8.07. The van der Waals surface area contributed by atoms with Crippen LogP contribution in [0.3, 0.4) is 0 Å². The SMILES string of the molecule is COc1ccc(C2=NC(c3ccc(Cl)cc3)C(c3ccc(C)cc3)N2C(=O)N2CCNOC2)c(OC(C)C)c1. The van der Waals surface area contributed by atoms with Crippen molar-refractivity contribution in [3.63, 3.8) is 0 Å². The molecule has 1 N–H and O–H groups in total. The molecule has 5 rings (SSSR count). The number of aryl methyl sites for hydroxylation is 1. The van der Waals surface area contributed by atoms with Crippen molar-refractivity contribution in [2.45, 2.75) is 39.0 Å². The fourth-order valence-electron chi connectivity index (χ4n) is 4.87. The third-order valence-electron chi connectivity index (χ3n) is 6.77. The lowest BCUT2D eigenvalue weighted by Crippen LogP contribution is -2.52. The molecule has 3 aromatic carbocycles. The minimum Gasteiger partial charge on any atom is -0.497 e. The van der Waals surface area contributed by atoms with Crippen LogP contribution in [0.25, 0.3) is 0 Å². The summed E-state index contributed by atoms with van der Waals surface area (Å²) in [6.45, 7) is 7.15. The zero-order valence-electron chi connectivity index (χ0n) is 22.6. The number of aliphatic imine (C=N–C) groups is 1. The average Bonchev–Trinajstić information content (AvgIpc) is 3.33. The van der Waals surface area contributed by atoms with Gasteiger partial charge in [-0.05, 0) is 56.2 Å². The summed E-state index contributed by atoms with van der Waals surface area (Å²) in [5.41, 5.74) is 6.62. The van der Waals surface area contributed by atoms with Crippen LogP contribution in [0.5, 0.6) is 11.5 Å². The Morgan fingerprint density at radius 3 is 2.44 bits per heavy atom. The lowest BCUT2D eigenvalue weighted by molar-refractivity contribution is -0.0563. The Hall–Kier alpha value is -3.59. The van der Waals surface area contributed by atoms with E-state index < -0.39 is 6.04 Å². The van der Waals surface area contributed by atoms with Crippen LogP contribution in [0.2, 0.25) is 5.02 Å². The number of benzene rings is 3. The second-order valence-electron chi connectivity index (χ2n) is 9.92. The smallest absolute Gasteiger partial charge is 0.328 e. The molecule has 0 radical (unpaired) electrons. The molecule has 1 fully saturated rings. The highest BCUT2D eigenvalue weighted by Gasteiger charge is 2.44. The first kappa shape index (κ1) is 27.0. The number of urea groups is 1. The molecule has 0 aliphatic carbocycles. The zero-order chi connectivity index (χ0) is 27.5. The quantitative estimate of drug-likeness (QED) is 0.415. The Morgan fingerprint density at radius 2 is 1.79 bits per heavy atom. The van der Waals surface area contributed by atoms with Crippen LogP contribution in [-0.2, 0) is 4.84 Å². The maximum atomic E-state index is 14.3. The van der Waals surface area contributed by atoms with Crippen molar-refractivity contribution in [3.8, 4) is 11.5 Å². The summed E-state index contributed by atoms with van der Waals surface area (Å²) in [5, 5.41) is 0.640. The van der Waals surface area contributed by atoms with Crippen LogP contribution >= 0.6 is 11.6 Å². The van der Waals surface area contributed by atoms with Crippen molar-refractivity contribution in [1.29, 1.82) is 0 Å². The summed E-state index contributed by atoms with van der Waals surface area (Å²) >= 11 is 6.24. The normalized spacial score (nSPS) is 19.3. The molecular weight excluding hydrogens is 516 g/mol. The number of nitrogens with one attached hydrogen (secondary N) is 1. The van der Waals surface area contributed by atoms with E-state index in [-0.39, 0.29) is 24.9 Å². The van der Waals surface area contributed by atoms with Crippen molar-refractivity contribution in [3.05, 3.63) is 94.0 Å². The topological polar surface area (TPSA) is 75.6 Å². The predicted octanol–water partition coefficient (Wildman–Crippen LogP) is 5.90. The van der Waals surface area contributed by atoms with Crippen molar-refractivity contribution >= 4 is 23.5 Å². The summed E-state index contributed by atoms with van der Waals surface area (Å²) in [4.78, 5) is 28.4. The van der Waals surface area contributed by atoms with Crippen LogP contribution in [0, 0.1) is 6.92 Å². The van der Waals surface area contributed by atoms with E-state index in [9.17, 15) is 4.79 Å². The molecule has 9 heteroatoms. The molecule has 39 heavy (non-hydrogen) atoms. The molecule has 0 aromatic heterocycles. The molecule has 2 unspecified atom stereocenters. The fourth-order valence-corrected chi connectivity index (χ4v) is 4.99. The van der Waals surface area contributed by atoms with Gasteiger partial charge in [0.25, 0.3) is 0 Å². The van der Waals surface area contributed by atoms with Gasteiger partial charge in [0.15, 0.2) is 0 Å². The zero-order valence-corrected chi connectivity index (χ0v) is 23.3. The molecule has 8 nitrogen and oxygen atoms in total. The Morgan fingerprint density at radius 1 is 1.08 bits per heavy atom. The third kappa shape index (κ3) is 5.73. The summed E-state index contributed by atoms with van der Waals surface area (Å²) in [6, 6.07) is 20.5. The van der Waals surface area contributed by atoms with Crippen molar-refractivity contribution in [1.82, 2.24) is 15.3 Å². The van der Waals surface area contributed by atoms with Gasteiger partial charge in [-0.15, -0.1) is 0 Å². The predicted molar refractivity (Wildman–Crippen MR) is 151 cm³/mol. The van der Waals surface area contributed by atoms with Crippen molar-refractivity contribution in [2.75, 3.05) is 26.9 Å². The number of amides is 2. The number of hydrogen-bond acceptors (Lipinski definition) is 6. The highest BCUT2D eigenvalue weighted by atomic mass is 35.5. The summed E-state index contributed by atoms with van der Waals surface area (Å²) in [5.74, 6) is 1.78. The minimum absolute atomic E-state index is 0.0939. The van der Waals surface area contributed by atoms with E-state index in [1.165, 1.54) is 0 Å². The van der Waals surface area contributed by atoms with Gasteiger partial charge in [0.1, 0.15) is 30.1 Å². The summed E-state index contributed by atoms with van der Waals surface area (Å²) in [6.07, 6.45) is -0.0939. The number of amidine groups is 1. The monoisotopic (exact) mass is 548 g/mol. The van der Waals surface area contributed by atoms with Gasteiger partial charge in [-0.3, -0.25) is 19.6 Å². The van der Waals surface area contributed by atoms with Crippen LogP contribution in [0.1, 0.15) is 48.2 Å². The number of halogens is 1. The Bertz CT molecular complexity index is 1340. The number of carbonyl (C=O) groups is 1. The summed E-state index contributed by atoms with van der Waals surface area (Å²) in [7, 11) is 1.62. The highest BCUT2D eigenvalue weighted by molar-refractivity contribution is 6.30. The number of hydrogen-bond donors (Lipinski definition) is 1. The summed E-state index contributed by atoms with van der Waals surface area (Å²) < 4.78 is 11.7. The second-order valence-corrected chi connectivity index (χ2v) is 10.4. The lowest BCUT2D eigenvalue weighted by Gasteiger charge is -2.36. The molecule has 2 heterocycles. The molecule has 1 saturated heterocycles. The Labute approximate surface area is 234 Å². The van der Waals surface area contributed by atoms with Crippen LogP contribution in [0.4, 0.5) is 4.79 Å². The van der Waals surface area contributed by atoms with Crippen LogP contribution in [0.15, 0.2) is 71.7 Å². The van der Waals surface area contributed by atoms with Gasteiger partial charge in [-0.1, -0.05) is 53.6 Å². The molecule has 0 saturated carbocycles. The maximum absolute atomic E-state index is 14.3. The van der Waals surface area contributed by atoms with Gasteiger partial charge in [-0.25, -0.2) is 4.79 Å². The van der Waals surface area contributed by atoms with Crippen LogP contribution in [-0.4, -0.2) is 54.7 Å². The van der Waals surface area contributed by atoms with Crippen molar-refractivity contribution in [2.24, 2.45) is 4.99 Å². The van der Waals surface area contributed by atoms with Gasteiger partial charge in [0, 0.05) is 24.2 Å². The van der Waals surface area contributed by atoms with Gasteiger partial charge in [-0.2, -0.15) is 5.48 Å². The van der Waals surface area contributed by atoms with Gasteiger partial charge in [0.05, 0.1) is 24.8 Å². The molecule has 0 spiro atoms. The molecule has 2 atom stereocenters. The van der Waals surface area contributed by atoms with Gasteiger partial charge >= 0.3 is 6.03 Å². The average molecular weight is 549 g/mol. The largest absolute Gasteiger partial charge is 0.497 e. The number of ether oxygens (including phenoxy) is 2. The van der Waals surface area contributed by atoms with E-state index in [1.54, 1.807) is 16.9 Å². The molecular formula is C30H33ClN4O4. The maximum Gasteiger partial charge on any atom is 0.328 e. The van der Waals surface area contributed by atoms with Crippen molar-refractivity contribution < 1.29 is 19.1 Å². The van der Waals surface area contributed by atoms with E-state index in [4.69, 9.17) is 30.9 Å². The molecule has 3 aromatic rings. The third-order valence-corrected chi connectivity index (χ3v) is 7.02. The molecule has 2 amide bonds. The number of methoxy groups -OCH3 is 1. The van der Waals surface area contributed by atoms with E-state index >= 15 is 0 Å². The molecule has 204 valence electrons. The lowest BCUT2D eigenvalue weighted by atomic mass is 9.93. The first-order valence-electron chi connectivity index (χ1n) is 13.0. The van der Waals surface area contributed by atoms with Gasteiger partial charge < -0.3 is 9.47 Å². The minimum atomic E-state index is -0.404. The number of carbonyl (C=O) groups excluding carboxylic acids is 1. The highest BCUT2D eigenvalue weighted by Crippen LogP contribution is 2.45. The number of rotatable bonds is 6. The molecule has 2 aliphatic heterocycles. The van der Waals surface area contributed by atoms with E-state index in [0.29, 0.717) is 41.0 Å². The fraction of sp³-hybridized carbons (Fsp3) is 0.333. The molecule has 2 aliphatic rings.